The van der Waals surface area contributed by atoms with Gasteiger partial charge in [0.25, 0.3) is 0 Å². The first-order valence-corrected chi connectivity index (χ1v) is 10.7. The Hall–Kier alpha value is -2.38. The van der Waals surface area contributed by atoms with Gasteiger partial charge in [0.2, 0.25) is 0 Å². The fraction of sp³-hybridized carbons (Fsp3) is 0.409. The van der Waals surface area contributed by atoms with Crippen LogP contribution in [0.2, 0.25) is 0 Å². The summed E-state index contributed by atoms with van der Waals surface area (Å²) in [5.41, 5.74) is 8.58. The van der Waals surface area contributed by atoms with E-state index in [2.05, 4.69) is 5.32 Å². The van der Waals surface area contributed by atoms with Crippen LogP contribution in [0, 0.1) is 6.92 Å². The molecule has 0 fully saturated rings. The summed E-state index contributed by atoms with van der Waals surface area (Å²) < 4.78 is 6.26. The zero-order valence-corrected chi connectivity index (χ0v) is 18.0. The monoisotopic (exact) mass is 418 g/mol. The molecule has 2 aromatic rings. The number of phenolic OH excluding ortho intramolecular Hbond substituents is 1. The molecule has 0 radical (unpaired) electrons. The number of nitrogens with two attached hydrogens (primary N) is 1. The van der Waals surface area contributed by atoms with Gasteiger partial charge >= 0.3 is 6.03 Å². The largest absolute Gasteiger partial charge is 0.508 e. The van der Waals surface area contributed by atoms with Gasteiger partial charge in [-0.1, -0.05) is 26.0 Å². The SMILES string of the molecule is CC[C@@H](CO)S[C@H](CC)Oc1cc(O)cc(C)c1Cc1cccc(NC(N)=O)c1. The lowest BCUT2D eigenvalue weighted by Crippen LogP contribution is -2.19. The second-order valence-electron chi connectivity index (χ2n) is 6.91. The fourth-order valence-electron chi connectivity index (χ4n) is 3.04. The van der Waals surface area contributed by atoms with Crippen LogP contribution < -0.4 is 15.8 Å². The van der Waals surface area contributed by atoms with Gasteiger partial charge in [-0.25, -0.2) is 4.79 Å². The number of benzene rings is 2. The standard InChI is InChI=1S/C22H30N2O4S/c1-4-18(13-25)29-21(5-2)28-20-12-17(26)9-14(3)19(20)11-15-7-6-8-16(10-15)24-22(23)27/h6-10,12,18,21,25-26H,4-5,11,13H2,1-3H3,(H3,23,24,27)/t18-,21+/m0/s1. The van der Waals surface area contributed by atoms with Crippen molar-refractivity contribution in [1.29, 1.82) is 0 Å². The highest BCUT2D eigenvalue weighted by Gasteiger charge is 2.19. The number of carbonyl (C=O) groups excluding carboxylic acids is 1. The molecule has 0 saturated carbocycles. The molecule has 2 rings (SSSR count). The minimum Gasteiger partial charge on any atom is -0.508 e. The topological polar surface area (TPSA) is 105 Å². The number of urea groups is 1. The van der Waals surface area contributed by atoms with E-state index in [1.807, 2.05) is 39.0 Å². The Bertz CT molecular complexity index is 824. The van der Waals surface area contributed by atoms with Crippen LogP contribution in [0.25, 0.3) is 0 Å². The Kier molecular flexibility index (Phi) is 8.67. The number of thioether (sulfide) groups is 1. The van der Waals surface area contributed by atoms with Gasteiger partial charge in [-0.15, -0.1) is 11.8 Å². The lowest BCUT2D eigenvalue weighted by Gasteiger charge is -2.24. The minimum absolute atomic E-state index is 0.104. The maximum Gasteiger partial charge on any atom is 0.316 e. The predicted molar refractivity (Wildman–Crippen MR) is 119 cm³/mol. The number of hydrogen-bond donors (Lipinski definition) is 4. The number of aliphatic hydroxyl groups excluding tert-OH is 1. The van der Waals surface area contributed by atoms with E-state index in [1.54, 1.807) is 30.0 Å². The van der Waals surface area contributed by atoms with E-state index in [0.29, 0.717) is 17.9 Å². The normalized spacial score (nSPS) is 13.0. The number of hydrogen-bond acceptors (Lipinski definition) is 5. The average molecular weight is 419 g/mol. The number of carbonyl (C=O) groups is 1. The summed E-state index contributed by atoms with van der Waals surface area (Å²) in [6.07, 6.45) is 2.20. The lowest BCUT2D eigenvalue weighted by molar-refractivity contribution is 0.259. The van der Waals surface area contributed by atoms with E-state index in [9.17, 15) is 15.0 Å². The zero-order chi connectivity index (χ0) is 21.4. The van der Waals surface area contributed by atoms with Crippen LogP contribution in [0.4, 0.5) is 10.5 Å². The Morgan fingerprint density at radius 1 is 1.24 bits per heavy atom. The molecule has 0 aliphatic carbocycles. The third-order valence-electron chi connectivity index (χ3n) is 4.59. The Labute approximate surface area is 176 Å². The van der Waals surface area contributed by atoms with Crippen LogP contribution in [-0.4, -0.2) is 33.5 Å². The first-order valence-electron chi connectivity index (χ1n) is 9.77. The molecule has 0 bridgehead atoms. The first-order chi connectivity index (χ1) is 13.9. The maximum atomic E-state index is 11.1. The fourth-order valence-corrected chi connectivity index (χ4v) is 4.09. The maximum absolute atomic E-state index is 11.1. The van der Waals surface area contributed by atoms with Gasteiger partial charge in [0.05, 0.1) is 6.61 Å². The summed E-state index contributed by atoms with van der Waals surface area (Å²) in [5.74, 6) is 0.780. The summed E-state index contributed by atoms with van der Waals surface area (Å²) in [6, 6.07) is 10.2. The number of nitrogens with one attached hydrogen (secondary N) is 1. The average Bonchev–Trinajstić information content (AvgIpc) is 2.67. The molecule has 0 spiro atoms. The Morgan fingerprint density at radius 3 is 2.62 bits per heavy atom. The highest BCUT2D eigenvalue weighted by atomic mass is 32.2. The molecule has 0 aromatic heterocycles. The number of ether oxygens (including phenoxy) is 1. The van der Waals surface area contributed by atoms with Crippen molar-refractivity contribution in [2.75, 3.05) is 11.9 Å². The van der Waals surface area contributed by atoms with Gasteiger partial charge in [0, 0.05) is 29.0 Å². The van der Waals surface area contributed by atoms with Crippen molar-refractivity contribution in [3.8, 4) is 11.5 Å². The molecule has 2 amide bonds. The molecule has 2 atom stereocenters. The molecule has 0 aliphatic rings. The van der Waals surface area contributed by atoms with Crippen LogP contribution in [0.15, 0.2) is 36.4 Å². The summed E-state index contributed by atoms with van der Waals surface area (Å²) in [6.45, 7) is 6.12. The van der Waals surface area contributed by atoms with Crippen LogP contribution in [0.3, 0.4) is 0 Å². The van der Waals surface area contributed by atoms with Gasteiger partial charge < -0.3 is 26.0 Å². The second kappa shape index (κ2) is 11.0. The molecule has 2 aromatic carbocycles. The van der Waals surface area contributed by atoms with Gasteiger partial charge in [-0.05, 0) is 49.1 Å². The third kappa shape index (κ3) is 6.87. The Morgan fingerprint density at radius 2 is 2.00 bits per heavy atom. The summed E-state index contributed by atoms with van der Waals surface area (Å²) in [4.78, 5) is 11.1. The van der Waals surface area contributed by atoms with E-state index in [1.165, 1.54) is 0 Å². The number of aromatic hydroxyl groups is 1. The summed E-state index contributed by atoms with van der Waals surface area (Å²) in [5, 5.41) is 22.3. The number of phenols is 1. The van der Waals surface area contributed by atoms with Gasteiger partial charge in [-0.2, -0.15) is 0 Å². The highest BCUT2D eigenvalue weighted by molar-refractivity contribution is 8.00. The molecule has 7 heteroatoms. The number of aryl methyl sites for hydroxylation is 1. The van der Waals surface area contributed by atoms with Crippen LogP contribution >= 0.6 is 11.8 Å². The van der Waals surface area contributed by atoms with E-state index in [0.717, 1.165) is 29.5 Å². The number of aliphatic hydroxyl groups is 1. The highest BCUT2D eigenvalue weighted by Crippen LogP contribution is 2.34. The van der Waals surface area contributed by atoms with Crippen molar-refractivity contribution in [2.45, 2.75) is 50.7 Å². The smallest absolute Gasteiger partial charge is 0.316 e. The molecule has 0 heterocycles. The van der Waals surface area contributed by atoms with E-state index in [4.69, 9.17) is 10.5 Å². The quantitative estimate of drug-likeness (QED) is 0.428. The van der Waals surface area contributed by atoms with Crippen LogP contribution in [0.1, 0.15) is 43.4 Å². The minimum atomic E-state index is -0.607. The number of amides is 2. The van der Waals surface area contributed by atoms with E-state index >= 15 is 0 Å². The third-order valence-corrected chi connectivity index (χ3v) is 6.19. The van der Waals surface area contributed by atoms with Crippen molar-refractivity contribution >= 4 is 23.5 Å². The van der Waals surface area contributed by atoms with Gasteiger partial charge in [-0.3, -0.25) is 0 Å². The predicted octanol–water partition coefficient (Wildman–Crippen LogP) is 4.40. The molecule has 0 unspecified atom stereocenters. The Balaban J connectivity index is 2.29. The molecular formula is C22H30N2O4S. The number of anilines is 1. The van der Waals surface area contributed by atoms with Crippen molar-refractivity contribution < 1.29 is 19.7 Å². The van der Waals surface area contributed by atoms with Gasteiger partial charge in [0.1, 0.15) is 16.9 Å². The van der Waals surface area contributed by atoms with E-state index < -0.39 is 6.03 Å². The number of primary amides is 1. The van der Waals surface area contributed by atoms with Crippen molar-refractivity contribution in [1.82, 2.24) is 0 Å². The molecule has 0 saturated heterocycles. The molecular weight excluding hydrogens is 388 g/mol. The van der Waals surface area contributed by atoms with Crippen molar-refractivity contribution in [3.63, 3.8) is 0 Å². The second-order valence-corrected chi connectivity index (χ2v) is 8.37. The van der Waals surface area contributed by atoms with E-state index in [-0.39, 0.29) is 23.0 Å². The first kappa shape index (κ1) is 22.9. The molecule has 6 nitrogen and oxygen atoms in total. The molecule has 5 N–H and O–H groups in total. The lowest BCUT2D eigenvalue weighted by atomic mass is 9.98. The molecule has 158 valence electrons. The summed E-state index contributed by atoms with van der Waals surface area (Å²) in [7, 11) is 0. The van der Waals surface area contributed by atoms with Crippen molar-refractivity contribution in [2.24, 2.45) is 5.73 Å². The van der Waals surface area contributed by atoms with Crippen LogP contribution in [0.5, 0.6) is 11.5 Å². The van der Waals surface area contributed by atoms with Gasteiger partial charge in [0.15, 0.2) is 0 Å². The summed E-state index contributed by atoms with van der Waals surface area (Å²) >= 11 is 1.61. The number of rotatable bonds is 10. The zero-order valence-electron chi connectivity index (χ0n) is 17.1. The molecule has 29 heavy (non-hydrogen) atoms. The van der Waals surface area contributed by atoms with Crippen molar-refractivity contribution in [3.05, 3.63) is 53.1 Å². The van der Waals surface area contributed by atoms with Crippen LogP contribution in [-0.2, 0) is 6.42 Å². The molecule has 0 aliphatic heterocycles.